The number of nitrogens with one attached hydrogen (secondary N) is 1. The second-order valence-electron chi connectivity index (χ2n) is 6.88. The molecule has 0 aromatic heterocycles. The van der Waals surface area contributed by atoms with E-state index in [1.54, 1.807) is 0 Å². The maximum Gasteiger partial charge on any atom is 0.327 e. The minimum atomic E-state index is -0.572. The first-order valence-electron chi connectivity index (χ1n) is 8.36. The number of nitrogens with zero attached hydrogens (tertiary/aromatic N) is 2. The van der Waals surface area contributed by atoms with Gasteiger partial charge in [-0.3, -0.25) is 19.9 Å². The van der Waals surface area contributed by atoms with Crippen molar-refractivity contribution in [3.63, 3.8) is 0 Å². The summed E-state index contributed by atoms with van der Waals surface area (Å²) in [7, 11) is 0. The molecule has 0 amide bonds. The van der Waals surface area contributed by atoms with Gasteiger partial charge in [-0.15, -0.1) is 0 Å². The number of ether oxygens (including phenoxy) is 1. The van der Waals surface area contributed by atoms with Crippen molar-refractivity contribution in [2.45, 2.75) is 58.2 Å². The van der Waals surface area contributed by atoms with Crippen molar-refractivity contribution < 1.29 is 9.53 Å². The summed E-state index contributed by atoms with van der Waals surface area (Å²) in [5.74, 6) is -0.108. The lowest BCUT2D eigenvalue weighted by Gasteiger charge is -2.40. The van der Waals surface area contributed by atoms with Crippen LogP contribution in [-0.2, 0) is 9.53 Å². The summed E-state index contributed by atoms with van der Waals surface area (Å²) in [6.45, 7) is 13.8. The molecular formula is C16H31N3O2. The number of piperazine rings is 1. The van der Waals surface area contributed by atoms with E-state index in [9.17, 15) is 4.79 Å². The molecule has 2 rings (SSSR count). The van der Waals surface area contributed by atoms with Crippen molar-refractivity contribution in [2.24, 2.45) is 0 Å². The Bertz CT molecular complexity index is 349. The third kappa shape index (κ3) is 4.66. The molecule has 0 aromatic rings. The van der Waals surface area contributed by atoms with Crippen molar-refractivity contribution in [3.05, 3.63) is 0 Å². The van der Waals surface area contributed by atoms with Gasteiger partial charge >= 0.3 is 5.97 Å². The van der Waals surface area contributed by atoms with E-state index in [1.807, 2.05) is 13.8 Å². The zero-order chi connectivity index (χ0) is 15.5. The third-order valence-corrected chi connectivity index (χ3v) is 4.50. The van der Waals surface area contributed by atoms with Crippen LogP contribution in [0.2, 0.25) is 0 Å². The minimum absolute atomic E-state index is 0.108. The molecule has 0 radical (unpaired) electrons. The number of carbonyl (C=O) groups excluding carboxylic acids is 1. The average Bonchev–Trinajstić information content (AvgIpc) is 3.23. The Kier molecular flexibility index (Phi) is 5.63. The van der Waals surface area contributed by atoms with Crippen molar-refractivity contribution in [1.29, 1.82) is 0 Å². The van der Waals surface area contributed by atoms with Crippen LogP contribution in [0.1, 0.15) is 40.5 Å². The molecule has 1 unspecified atom stereocenters. The van der Waals surface area contributed by atoms with Crippen LogP contribution in [0.5, 0.6) is 0 Å². The first kappa shape index (κ1) is 16.7. The van der Waals surface area contributed by atoms with Crippen LogP contribution < -0.4 is 5.32 Å². The van der Waals surface area contributed by atoms with E-state index in [1.165, 1.54) is 12.8 Å². The van der Waals surface area contributed by atoms with Crippen LogP contribution in [0.25, 0.3) is 0 Å². The van der Waals surface area contributed by atoms with Gasteiger partial charge in [-0.2, -0.15) is 0 Å². The Morgan fingerprint density at radius 1 is 1.29 bits per heavy atom. The van der Waals surface area contributed by atoms with Crippen LogP contribution in [0.15, 0.2) is 0 Å². The molecule has 5 nitrogen and oxygen atoms in total. The van der Waals surface area contributed by atoms with E-state index >= 15 is 0 Å². The normalized spacial score (nSPS) is 24.0. The second-order valence-corrected chi connectivity index (χ2v) is 6.88. The third-order valence-electron chi connectivity index (χ3n) is 4.50. The highest BCUT2D eigenvalue weighted by atomic mass is 16.5. The van der Waals surface area contributed by atoms with Gasteiger partial charge in [0, 0.05) is 44.8 Å². The van der Waals surface area contributed by atoms with Crippen molar-refractivity contribution in [1.82, 2.24) is 15.1 Å². The van der Waals surface area contributed by atoms with Crippen LogP contribution in [0.3, 0.4) is 0 Å². The largest absolute Gasteiger partial charge is 0.465 e. The van der Waals surface area contributed by atoms with Gasteiger partial charge in [-0.05, 0) is 40.5 Å². The van der Waals surface area contributed by atoms with Gasteiger partial charge in [-0.25, -0.2) is 0 Å². The zero-order valence-corrected chi connectivity index (χ0v) is 14.0. The number of hydrogen-bond acceptors (Lipinski definition) is 5. The number of esters is 1. The molecule has 2 fully saturated rings. The van der Waals surface area contributed by atoms with E-state index in [0.717, 1.165) is 32.7 Å². The lowest BCUT2D eigenvalue weighted by atomic mass is 10.0. The fourth-order valence-corrected chi connectivity index (χ4v) is 3.02. The summed E-state index contributed by atoms with van der Waals surface area (Å²) in [6, 6.07) is 1.10. The molecular weight excluding hydrogens is 266 g/mol. The van der Waals surface area contributed by atoms with Crippen molar-refractivity contribution >= 4 is 5.97 Å². The molecule has 1 saturated carbocycles. The standard InChI is InChI=1S/C16H31N3O2/c1-5-21-15(20)16(4,17-14-6-7-14)12-18-8-10-19(11-9-18)13(2)3/h13-14,17H,5-12H2,1-4H3. The fourth-order valence-electron chi connectivity index (χ4n) is 3.02. The molecule has 122 valence electrons. The Morgan fingerprint density at radius 2 is 1.90 bits per heavy atom. The molecule has 1 aliphatic carbocycles. The molecule has 2 aliphatic rings. The lowest BCUT2D eigenvalue weighted by molar-refractivity contribution is -0.151. The molecule has 5 heteroatoms. The van der Waals surface area contributed by atoms with Gasteiger partial charge in [0.1, 0.15) is 5.54 Å². The monoisotopic (exact) mass is 297 g/mol. The van der Waals surface area contributed by atoms with E-state index in [4.69, 9.17) is 4.74 Å². The second kappa shape index (κ2) is 7.07. The Labute approximate surface area is 129 Å². The van der Waals surface area contributed by atoms with Crippen LogP contribution in [-0.4, -0.2) is 72.7 Å². The minimum Gasteiger partial charge on any atom is -0.465 e. The Morgan fingerprint density at radius 3 is 2.38 bits per heavy atom. The summed E-state index contributed by atoms with van der Waals surface area (Å²) in [5, 5.41) is 3.50. The summed E-state index contributed by atoms with van der Waals surface area (Å²) >= 11 is 0. The van der Waals surface area contributed by atoms with Gasteiger partial charge in [0.15, 0.2) is 0 Å². The predicted octanol–water partition coefficient (Wildman–Crippen LogP) is 1.09. The van der Waals surface area contributed by atoms with Gasteiger partial charge in [0.2, 0.25) is 0 Å². The van der Waals surface area contributed by atoms with Crippen LogP contribution >= 0.6 is 0 Å². The predicted molar refractivity (Wildman–Crippen MR) is 84.3 cm³/mol. The highest BCUT2D eigenvalue weighted by Gasteiger charge is 2.41. The van der Waals surface area contributed by atoms with Gasteiger partial charge in [0.25, 0.3) is 0 Å². The van der Waals surface area contributed by atoms with E-state index in [0.29, 0.717) is 18.7 Å². The van der Waals surface area contributed by atoms with Gasteiger partial charge in [-0.1, -0.05) is 0 Å². The molecule has 1 atom stereocenters. The summed E-state index contributed by atoms with van der Waals surface area (Å²) in [4.78, 5) is 17.2. The molecule has 1 heterocycles. The molecule has 1 saturated heterocycles. The average molecular weight is 297 g/mol. The first-order chi connectivity index (χ1) is 9.94. The first-order valence-corrected chi connectivity index (χ1v) is 8.36. The van der Waals surface area contributed by atoms with E-state index in [-0.39, 0.29) is 5.97 Å². The smallest absolute Gasteiger partial charge is 0.327 e. The Hall–Kier alpha value is -0.650. The SMILES string of the molecule is CCOC(=O)C(C)(CN1CCN(C(C)C)CC1)NC1CC1. The quantitative estimate of drug-likeness (QED) is 0.713. The van der Waals surface area contributed by atoms with E-state index in [2.05, 4.69) is 29.0 Å². The van der Waals surface area contributed by atoms with E-state index < -0.39 is 5.54 Å². The maximum atomic E-state index is 12.4. The molecule has 21 heavy (non-hydrogen) atoms. The zero-order valence-electron chi connectivity index (χ0n) is 14.0. The van der Waals surface area contributed by atoms with Gasteiger partial charge < -0.3 is 4.74 Å². The summed E-state index contributed by atoms with van der Waals surface area (Å²) < 4.78 is 5.30. The van der Waals surface area contributed by atoms with Crippen LogP contribution in [0.4, 0.5) is 0 Å². The van der Waals surface area contributed by atoms with Crippen molar-refractivity contribution in [3.8, 4) is 0 Å². The highest BCUT2D eigenvalue weighted by Crippen LogP contribution is 2.24. The molecule has 0 aromatic carbocycles. The summed E-state index contributed by atoms with van der Waals surface area (Å²) in [6.07, 6.45) is 2.35. The Balaban J connectivity index is 1.91. The topological polar surface area (TPSA) is 44.8 Å². The molecule has 0 bridgehead atoms. The highest BCUT2D eigenvalue weighted by molar-refractivity contribution is 5.80. The number of carbonyl (C=O) groups is 1. The number of rotatable bonds is 7. The van der Waals surface area contributed by atoms with Gasteiger partial charge in [0.05, 0.1) is 6.61 Å². The lowest BCUT2D eigenvalue weighted by Crippen LogP contribution is -2.61. The number of hydrogen-bond donors (Lipinski definition) is 1. The molecule has 1 N–H and O–H groups in total. The molecule has 0 spiro atoms. The molecule has 1 aliphatic heterocycles. The maximum absolute atomic E-state index is 12.4. The van der Waals surface area contributed by atoms with Crippen molar-refractivity contribution in [2.75, 3.05) is 39.3 Å². The fraction of sp³-hybridized carbons (Fsp3) is 0.938. The van der Waals surface area contributed by atoms with Crippen LogP contribution in [0, 0.1) is 0 Å². The summed E-state index contributed by atoms with van der Waals surface area (Å²) in [5.41, 5.74) is -0.572.